The summed E-state index contributed by atoms with van der Waals surface area (Å²) >= 11 is 1.70. The van der Waals surface area contributed by atoms with E-state index in [-0.39, 0.29) is 11.3 Å². The van der Waals surface area contributed by atoms with E-state index in [4.69, 9.17) is 4.74 Å². The van der Waals surface area contributed by atoms with Gasteiger partial charge < -0.3 is 9.64 Å². The predicted molar refractivity (Wildman–Crippen MR) is 90.3 cm³/mol. The summed E-state index contributed by atoms with van der Waals surface area (Å²) in [5.74, 6) is 0.711. The van der Waals surface area contributed by atoms with E-state index in [0.717, 1.165) is 31.7 Å². The molecule has 0 N–H and O–H groups in total. The molecular formula is C18H25NO2S. The number of likely N-dealkylation sites (tertiary alicyclic amines) is 1. The lowest BCUT2D eigenvalue weighted by Crippen LogP contribution is -2.55. The van der Waals surface area contributed by atoms with Crippen molar-refractivity contribution in [2.75, 3.05) is 33.1 Å². The van der Waals surface area contributed by atoms with Crippen LogP contribution in [0.1, 0.15) is 30.6 Å². The molecule has 1 saturated heterocycles. The summed E-state index contributed by atoms with van der Waals surface area (Å²) in [6, 6.07) is 7.94. The van der Waals surface area contributed by atoms with Crippen LogP contribution in [-0.4, -0.2) is 43.9 Å². The van der Waals surface area contributed by atoms with Crippen molar-refractivity contribution in [3.63, 3.8) is 0 Å². The summed E-state index contributed by atoms with van der Waals surface area (Å²) in [6.45, 7) is 7.08. The number of methoxy groups -OCH3 is 1. The lowest BCUT2D eigenvalue weighted by atomic mass is 9.48. The first kappa shape index (κ1) is 15.9. The van der Waals surface area contributed by atoms with Gasteiger partial charge in [-0.05, 0) is 48.3 Å². The Morgan fingerprint density at radius 1 is 1.36 bits per heavy atom. The fraction of sp³-hybridized carbons (Fsp3) is 0.611. The fourth-order valence-electron chi connectivity index (χ4n) is 4.68. The average Bonchev–Trinajstić information content (AvgIpc) is 2.82. The Hall–Kier alpha value is -1.00. The van der Waals surface area contributed by atoms with E-state index in [1.165, 1.54) is 4.90 Å². The molecule has 0 radical (unpaired) electrons. The van der Waals surface area contributed by atoms with E-state index >= 15 is 0 Å². The fourth-order valence-corrected chi connectivity index (χ4v) is 5.09. The molecule has 2 fully saturated rings. The Morgan fingerprint density at radius 2 is 2.05 bits per heavy atom. The highest BCUT2D eigenvalue weighted by Crippen LogP contribution is 2.62. The minimum atomic E-state index is 0.160. The summed E-state index contributed by atoms with van der Waals surface area (Å²) in [5.41, 5.74) is 1.29. The van der Waals surface area contributed by atoms with Crippen LogP contribution in [0.15, 0.2) is 29.2 Å². The number of rotatable bonds is 4. The number of ether oxygens (including phenoxy) is 1. The van der Waals surface area contributed by atoms with Crippen LogP contribution in [0.4, 0.5) is 0 Å². The second-order valence-corrected chi connectivity index (χ2v) is 8.31. The zero-order valence-corrected chi connectivity index (χ0v) is 14.7. The van der Waals surface area contributed by atoms with Crippen molar-refractivity contribution in [3.8, 4) is 0 Å². The zero-order chi connectivity index (χ0) is 16.0. The first-order valence-corrected chi connectivity index (χ1v) is 9.07. The molecule has 3 rings (SSSR count). The number of hydrogen-bond donors (Lipinski definition) is 0. The molecule has 22 heavy (non-hydrogen) atoms. The minimum Gasteiger partial charge on any atom is -0.384 e. The van der Waals surface area contributed by atoms with Gasteiger partial charge in [-0.15, -0.1) is 11.8 Å². The summed E-state index contributed by atoms with van der Waals surface area (Å²) in [7, 11) is 1.77. The second-order valence-electron chi connectivity index (χ2n) is 7.43. The van der Waals surface area contributed by atoms with Gasteiger partial charge in [-0.25, -0.2) is 0 Å². The number of thioether (sulfide) groups is 1. The van der Waals surface area contributed by atoms with E-state index in [2.05, 4.69) is 13.8 Å². The van der Waals surface area contributed by atoms with Crippen LogP contribution in [0.2, 0.25) is 0 Å². The van der Waals surface area contributed by atoms with Crippen molar-refractivity contribution < 1.29 is 9.53 Å². The van der Waals surface area contributed by atoms with Crippen molar-refractivity contribution in [1.29, 1.82) is 0 Å². The van der Waals surface area contributed by atoms with E-state index < -0.39 is 0 Å². The van der Waals surface area contributed by atoms with Crippen LogP contribution in [0, 0.1) is 16.7 Å². The number of nitrogens with zero attached hydrogens (tertiary/aromatic N) is 1. The van der Waals surface area contributed by atoms with Crippen LogP contribution in [0.3, 0.4) is 0 Å². The highest BCUT2D eigenvalue weighted by atomic mass is 32.2. The number of benzene rings is 1. The highest BCUT2D eigenvalue weighted by molar-refractivity contribution is 7.98. The number of hydrogen-bond acceptors (Lipinski definition) is 3. The van der Waals surface area contributed by atoms with Crippen molar-refractivity contribution in [1.82, 2.24) is 4.90 Å². The monoisotopic (exact) mass is 319 g/mol. The lowest BCUT2D eigenvalue weighted by Gasteiger charge is -2.56. The van der Waals surface area contributed by atoms with Crippen LogP contribution < -0.4 is 0 Å². The number of carbonyl (C=O) groups excluding carboxylic acids is 1. The number of fused-ring (bicyclic) bond motifs is 1. The van der Waals surface area contributed by atoms with E-state index in [9.17, 15) is 4.79 Å². The largest absolute Gasteiger partial charge is 0.384 e. The van der Waals surface area contributed by atoms with Crippen molar-refractivity contribution >= 4 is 17.7 Å². The third-order valence-corrected chi connectivity index (χ3v) is 6.20. The van der Waals surface area contributed by atoms with E-state index in [0.29, 0.717) is 11.3 Å². The van der Waals surface area contributed by atoms with Crippen molar-refractivity contribution in [2.24, 2.45) is 16.7 Å². The standard InChI is InChI=1S/C18H25NO2S/c1-17(2)10-18(12-21-3)11-19(9-15(17)18)16(20)13-5-7-14(22-4)8-6-13/h5-8,15H,9-12H2,1-4H3/t15-,18-/m1/s1. The van der Waals surface area contributed by atoms with Gasteiger partial charge in [0.05, 0.1) is 6.61 Å². The first-order chi connectivity index (χ1) is 10.4. The first-order valence-electron chi connectivity index (χ1n) is 7.84. The van der Waals surface area contributed by atoms with Gasteiger partial charge >= 0.3 is 0 Å². The quantitative estimate of drug-likeness (QED) is 0.795. The Morgan fingerprint density at radius 3 is 2.59 bits per heavy atom. The molecule has 2 aliphatic rings. The number of amides is 1. The van der Waals surface area contributed by atoms with Crippen molar-refractivity contribution in [2.45, 2.75) is 25.2 Å². The zero-order valence-electron chi connectivity index (χ0n) is 13.9. The van der Waals surface area contributed by atoms with Gasteiger partial charge in [-0.1, -0.05) is 13.8 Å². The van der Waals surface area contributed by atoms with Gasteiger partial charge in [0, 0.05) is 36.1 Å². The average molecular weight is 319 g/mol. The number of carbonyl (C=O) groups is 1. The van der Waals surface area contributed by atoms with Crippen LogP contribution in [0.25, 0.3) is 0 Å². The van der Waals surface area contributed by atoms with Crippen molar-refractivity contribution in [3.05, 3.63) is 29.8 Å². The molecule has 4 heteroatoms. The third-order valence-electron chi connectivity index (χ3n) is 5.45. The smallest absolute Gasteiger partial charge is 0.253 e. The molecule has 1 heterocycles. The molecule has 0 spiro atoms. The van der Waals surface area contributed by atoms with Gasteiger partial charge in [0.25, 0.3) is 5.91 Å². The highest BCUT2D eigenvalue weighted by Gasteiger charge is 2.63. The van der Waals surface area contributed by atoms with Gasteiger partial charge in [-0.2, -0.15) is 0 Å². The Bertz CT molecular complexity index is 569. The SMILES string of the molecule is COC[C@@]12CN(C(=O)c3ccc(SC)cc3)C[C@@H]1C(C)(C)C2. The maximum Gasteiger partial charge on any atom is 0.253 e. The van der Waals surface area contributed by atoms with Crippen LogP contribution in [0.5, 0.6) is 0 Å². The molecule has 1 aliphatic heterocycles. The molecule has 0 aromatic heterocycles. The summed E-state index contributed by atoms with van der Waals surface area (Å²) < 4.78 is 5.47. The molecule has 120 valence electrons. The van der Waals surface area contributed by atoms with E-state index in [1.807, 2.05) is 35.4 Å². The molecule has 1 amide bonds. The molecule has 1 aromatic carbocycles. The van der Waals surface area contributed by atoms with Gasteiger partial charge in [0.1, 0.15) is 0 Å². The maximum absolute atomic E-state index is 12.8. The maximum atomic E-state index is 12.8. The van der Waals surface area contributed by atoms with Crippen LogP contribution >= 0.6 is 11.8 Å². The predicted octanol–water partition coefficient (Wildman–Crippen LogP) is 3.54. The Kier molecular flexibility index (Phi) is 4.02. The summed E-state index contributed by atoms with van der Waals surface area (Å²) in [5, 5.41) is 0. The molecule has 0 unspecified atom stereocenters. The molecule has 2 atom stereocenters. The normalized spacial score (nSPS) is 29.1. The Balaban J connectivity index is 1.77. The van der Waals surface area contributed by atoms with Crippen LogP contribution in [-0.2, 0) is 4.74 Å². The molecule has 1 saturated carbocycles. The summed E-state index contributed by atoms with van der Waals surface area (Å²) in [6.07, 6.45) is 3.19. The van der Waals surface area contributed by atoms with Gasteiger partial charge in [0.15, 0.2) is 0 Å². The molecule has 3 nitrogen and oxygen atoms in total. The van der Waals surface area contributed by atoms with Gasteiger partial charge in [-0.3, -0.25) is 4.79 Å². The topological polar surface area (TPSA) is 29.5 Å². The van der Waals surface area contributed by atoms with Gasteiger partial charge in [0.2, 0.25) is 0 Å². The molecular weight excluding hydrogens is 294 g/mol. The third kappa shape index (κ3) is 2.46. The lowest BCUT2D eigenvalue weighted by molar-refractivity contribution is -0.107. The minimum absolute atomic E-state index is 0.160. The summed E-state index contributed by atoms with van der Waals surface area (Å²) in [4.78, 5) is 16.0. The molecule has 1 aliphatic carbocycles. The van der Waals surface area contributed by atoms with E-state index in [1.54, 1.807) is 18.9 Å². The molecule has 1 aromatic rings. The Labute approximate surface area is 137 Å². The molecule has 0 bridgehead atoms. The second kappa shape index (κ2) is 5.57.